The number of unbranched alkanes of at least 4 members (excludes halogenated alkanes) is 3. The topological polar surface area (TPSA) is 49.3 Å². The van der Waals surface area contributed by atoms with Crippen LogP contribution >= 0.6 is 23.4 Å². The first kappa shape index (κ1) is 16.2. The summed E-state index contributed by atoms with van der Waals surface area (Å²) in [4.78, 5) is 11.8. The number of thioether (sulfide) groups is 1. The first-order chi connectivity index (χ1) is 9.15. The van der Waals surface area contributed by atoms with Crippen LogP contribution in [0.3, 0.4) is 0 Å². The summed E-state index contributed by atoms with van der Waals surface area (Å²) in [5.41, 5.74) is 0.270. The molecule has 1 aromatic carbocycles. The number of amides is 1. The van der Waals surface area contributed by atoms with Crippen molar-refractivity contribution in [1.82, 2.24) is 5.32 Å². The maximum atomic E-state index is 11.8. The number of rotatable bonds is 8. The van der Waals surface area contributed by atoms with Crippen molar-refractivity contribution >= 4 is 29.3 Å². The van der Waals surface area contributed by atoms with Crippen LogP contribution in [-0.2, 0) is 0 Å². The molecular formula is C14H20ClNO2S. The Balaban J connectivity index is 2.24. The summed E-state index contributed by atoms with van der Waals surface area (Å²) in [6, 6.07) is 4.50. The van der Waals surface area contributed by atoms with E-state index in [1.165, 1.54) is 30.7 Å². The number of phenolic OH excluding ortho intramolecular Hbond substituents is 1. The molecule has 0 saturated carbocycles. The number of carbonyl (C=O) groups excluding carboxylic acids is 1. The molecule has 0 bridgehead atoms. The zero-order chi connectivity index (χ0) is 14.1. The summed E-state index contributed by atoms with van der Waals surface area (Å²) in [7, 11) is 0. The molecule has 2 N–H and O–H groups in total. The lowest BCUT2D eigenvalue weighted by Crippen LogP contribution is -2.24. The van der Waals surface area contributed by atoms with Crippen LogP contribution in [0, 0.1) is 0 Å². The quantitative estimate of drug-likeness (QED) is 0.720. The minimum absolute atomic E-state index is 0.0787. The van der Waals surface area contributed by atoms with Gasteiger partial charge in [0.05, 0.1) is 5.56 Å². The van der Waals surface area contributed by atoms with E-state index >= 15 is 0 Å². The minimum atomic E-state index is -0.252. The summed E-state index contributed by atoms with van der Waals surface area (Å²) in [6.07, 6.45) is 6.62. The number of hydrogen-bond donors (Lipinski definition) is 2. The molecule has 5 heteroatoms. The van der Waals surface area contributed by atoms with Crippen molar-refractivity contribution in [2.75, 3.05) is 18.6 Å². The summed E-state index contributed by atoms with van der Waals surface area (Å²) >= 11 is 7.58. The molecule has 0 aliphatic heterocycles. The predicted octanol–water partition coefficient (Wildman–Crippen LogP) is 3.70. The minimum Gasteiger partial charge on any atom is -0.507 e. The van der Waals surface area contributed by atoms with Crippen LogP contribution in [0.15, 0.2) is 18.2 Å². The molecule has 0 fully saturated rings. The van der Waals surface area contributed by atoms with Crippen LogP contribution < -0.4 is 5.32 Å². The maximum absolute atomic E-state index is 11.8. The van der Waals surface area contributed by atoms with Crippen LogP contribution in [0.5, 0.6) is 5.75 Å². The summed E-state index contributed by atoms with van der Waals surface area (Å²) in [5.74, 6) is 0.869. The van der Waals surface area contributed by atoms with Crippen LogP contribution in [0.25, 0.3) is 0 Å². The van der Waals surface area contributed by atoms with Crippen molar-refractivity contribution in [3.8, 4) is 5.75 Å². The molecule has 0 aliphatic rings. The summed E-state index contributed by atoms with van der Waals surface area (Å²) < 4.78 is 0. The number of aromatic hydroxyl groups is 1. The van der Waals surface area contributed by atoms with E-state index in [1.54, 1.807) is 6.07 Å². The van der Waals surface area contributed by atoms with Crippen LogP contribution in [0.1, 0.15) is 36.0 Å². The molecule has 0 spiro atoms. The Kier molecular flexibility index (Phi) is 7.75. The number of phenols is 1. The van der Waals surface area contributed by atoms with Gasteiger partial charge in [0.25, 0.3) is 5.91 Å². The number of hydrogen-bond acceptors (Lipinski definition) is 3. The van der Waals surface area contributed by atoms with Gasteiger partial charge in [0.15, 0.2) is 0 Å². The van der Waals surface area contributed by atoms with Crippen molar-refractivity contribution in [2.24, 2.45) is 0 Å². The van der Waals surface area contributed by atoms with Gasteiger partial charge in [-0.15, -0.1) is 0 Å². The van der Waals surface area contributed by atoms with Crippen molar-refractivity contribution in [1.29, 1.82) is 0 Å². The van der Waals surface area contributed by atoms with Crippen LogP contribution in [-0.4, -0.2) is 29.6 Å². The second-order valence-electron chi connectivity index (χ2n) is 4.32. The molecule has 0 radical (unpaired) electrons. The molecule has 0 aromatic heterocycles. The van der Waals surface area contributed by atoms with Gasteiger partial charge >= 0.3 is 0 Å². The monoisotopic (exact) mass is 301 g/mol. The zero-order valence-corrected chi connectivity index (χ0v) is 12.7. The molecule has 0 aliphatic carbocycles. The highest BCUT2D eigenvalue weighted by Gasteiger charge is 2.10. The Labute approximate surface area is 123 Å². The predicted molar refractivity (Wildman–Crippen MR) is 82.3 cm³/mol. The molecule has 0 heterocycles. The smallest absolute Gasteiger partial charge is 0.255 e. The van der Waals surface area contributed by atoms with Gasteiger partial charge in [-0.25, -0.2) is 0 Å². The molecular weight excluding hydrogens is 282 g/mol. The molecule has 0 saturated heterocycles. The van der Waals surface area contributed by atoms with Gasteiger partial charge in [-0.3, -0.25) is 4.79 Å². The summed E-state index contributed by atoms with van der Waals surface area (Å²) in [6.45, 7) is 0.639. The largest absolute Gasteiger partial charge is 0.507 e. The number of carbonyl (C=O) groups is 1. The fourth-order valence-electron chi connectivity index (χ4n) is 1.72. The highest BCUT2D eigenvalue weighted by atomic mass is 35.5. The van der Waals surface area contributed by atoms with Gasteiger partial charge in [-0.05, 0) is 43.0 Å². The number of halogens is 1. The maximum Gasteiger partial charge on any atom is 0.255 e. The first-order valence-electron chi connectivity index (χ1n) is 6.41. The lowest BCUT2D eigenvalue weighted by atomic mass is 10.1. The third kappa shape index (κ3) is 6.21. The van der Waals surface area contributed by atoms with Gasteiger partial charge in [0.2, 0.25) is 0 Å². The fourth-order valence-corrected chi connectivity index (χ4v) is 2.38. The van der Waals surface area contributed by atoms with Gasteiger partial charge in [0, 0.05) is 11.6 Å². The normalized spacial score (nSPS) is 10.4. The third-order valence-electron chi connectivity index (χ3n) is 2.77. The SMILES string of the molecule is CSCCCCCCNC(=O)c1ccc(Cl)cc1O. The lowest BCUT2D eigenvalue weighted by molar-refractivity contribution is 0.0950. The van der Waals surface area contributed by atoms with Crippen molar-refractivity contribution < 1.29 is 9.90 Å². The van der Waals surface area contributed by atoms with Crippen LogP contribution in [0.2, 0.25) is 5.02 Å². The van der Waals surface area contributed by atoms with Crippen LogP contribution in [0.4, 0.5) is 0 Å². The van der Waals surface area contributed by atoms with E-state index in [4.69, 9.17) is 11.6 Å². The van der Waals surface area contributed by atoms with Crippen molar-refractivity contribution in [3.05, 3.63) is 28.8 Å². The number of benzene rings is 1. The molecule has 1 amide bonds. The molecule has 0 unspecified atom stereocenters. The second-order valence-corrected chi connectivity index (χ2v) is 5.75. The number of nitrogens with one attached hydrogen (secondary N) is 1. The Morgan fingerprint density at radius 2 is 2.05 bits per heavy atom. The zero-order valence-electron chi connectivity index (χ0n) is 11.1. The average Bonchev–Trinajstić information content (AvgIpc) is 2.37. The Hall–Kier alpha value is -0.870. The molecule has 106 valence electrons. The first-order valence-corrected chi connectivity index (χ1v) is 8.18. The van der Waals surface area contributed by atoms with Gasteiger partial charge in [-0.1, -0.05) is 24.4 Å². The van der Waals surface area contributed by atoms with E-state index < -0.39 is 0 Å². The second kappa shape index (κ2) is 9.10. The van der Waals surface area contributed by atoms with Crippen molar-refractivity contribution in [2.45, 2.75) is 25.7 Å². The fraction of sp³-hybridized carbons (Fsp3) is 0.500. The van der Waals surface area contributed by atoms with E-state index in [0.717, 1.165) is 12.8 Å². The Bertz CT molecular complexity index is 412. The lowest BCUT2D eigenvalue weighted by Gasteiger charge is -2.07. The van der Waals surface area contributed by atoms with E-state index in [9.17, 15) is 9.90 Å². The van der Waals surface area contributed by atoms with E-state index in [1.807, 2.05) is 11.8 Å². The standard InChI is InChI=1S/C14H20ClNO2S/c1-19-9-5-3-2-4-8-16-14(18)12-7-6-11(15)10-13(12)17/h6-7,10,17H,2-5,8-9H2,1H3,(H,16,18). The average molecular weight is 302 g/mol. The molecule has 1 rings (SSSR count). The Morgan fingerprint density at radius 3 is 2.74 bits per heavy atom. The Morgan fingerprint density at radius 1 is 1.32 bits per heavy atom. The van der Waals surface area contributed by atoms with Gasteiger partial charge < -0.3 is 10.4 Å². The molecule has 1 aromatic rings. The highest BCUT2D eigenvalue weighted by Crippen LogP contribution is 2.21. The molecule has 3 nitrogen and oxygen atoms in total. The van der Waals surface area contributed by atoms with E-state index in [0.29, 0.717) is 11.6 Å². The van der Waals surface area contributed by atoms with Crippen molar-refractivity contribution in [3.63, 3.8) is 0 Å². The molecule has 19 heavy (non-hydrogen) atoms. The molecule has 0 atom stereocenters. The van der Waals surface area contributed by atoms with Gasteiger partial charge in [0.1, 0.15) is 5.75 Å². The van der Waals surface area contributed by atoms with E-state index in [-0.39, 0.29) is 17.2 Å². The van der Waals surface area contributed by atoms with Gasteiger partial charge in [-0.2, -0.15) is 11.8 Å². The highest BCUT2D eigenvalue weighted by molar-refractivity contribution is 7.98. The summed E-state index contributed by atoms with van der Waals surface area (Å²) in [5, 5.41) is 12.8. The van der Waals surface area contributed by atoms with E-state index in [2.05, 4.69) is 11.6 Å². The third-order valence-corrected chi connectivity index (χ3v) is 3.70.